The normalized spacial score (nSPS) is 12.0. The Labute approximate surface area is 126 Å². The lowest BCUT2D eigenvalue weighted by Crippen LogP contribution is -2.35. The van der Waals surface area contributed by atoms with Crippen LogP contribution in [0.2, 0.25) is 0 Å². The Hall–Kier alpha value is -1.68. The van der Waals surface area contributed by atoms with Crippen LogP contribution in [0.5, 0.6) is 0 Å². The number of aryl methyl sites for hydroxylation is 1. The molecular formula is C17H24FN3. The summed E-state index contributed by atoms with van der Waals surface area (Å²) in [6.07, 6.45) is 0. The van der Waals surface area contributed by atoms with Gasteiger partial charge in [0.05, 0.1) is 11.4 Å². The van der Waals surface area contributed by atoms with E-state index in [4.69, 9.17) is 0 Å². The number of nitrogens with one attached hydrogen (secondary N) is 1. The Morgan fingerprint density at radius 1 is 1.19 bits per heavy atom. The molecule has 114 valence electrons. The largest absolute Gasteiger partial charge is 0.308 e. The van der Waals surface area contributed by atoms with E-state index in [2.05, 4.69) is 31.2 Å². The number of aromatic nitrogens is 2. The average molecular weight is 289 g/mol. The fourth-order valence-corrected chi connectivity index (χ4v) is 2.23. The fourth-order valence-electron chi connectivity index (χ4n) is 2.23. The summed E-state index contributed by atoms with van der Waals surface area (Å²) in [6, 6.07) is 5.15. The van der Waals surface area contributed by atoms with E-state index in [1.807, 2.05) is 31.5 Å². The van der Waals surface area contributed by atoms with Gasteiger partial charge in [0.2, 0.25) is 0 Å². The lowest BCUT2D eigenvalue weighted by Gasteiger charge is -2.22. The summed E-state index contributed by atoms with van der Waals surface area (Å²) in [4.78, 5) is 0. The highest BCUT2D eigenvalue weighted by atomic mass is 19.1. The molecule has 0 atom stereocenters. The van der Waals surface area contributed by atoms with Crippen molar-refractivity contribution in [2.24, 2.45) is 0 Å². The second kappa shape index (κ2) is 5.60. The Bertz CT molecular complexity index is 651. The molecule has 0 amide bonds. The smallest absolute Gasteiger partial charge is 0.129 e. The first-order valence-electron chi connectivity index (χ1n) is 7.26. The van der Waals surface area contributed by atoms with Crippen molar-refractivity contribution in [2.45, 2.75) is 53.6 Å². The molecule has 0 saturated carbocycles. The van der Waals surface area contributed by atoms with E-state index >= 15 is 0 Å². The van der Waals surface area contributed by atoms with Crippen LogP contribution in [0.15, 0.2) is 18.2 Å². The lowest BCUT2D eigenvalue weighted by molar-refractivity contribution is 0.418. The van der Waals surface area contributed by atoms with Gasteiger partial charge in [-0.25, -0.2) is 9.07 Å². The molecule has 1 N–H and O–H groups in total. The van der Waals surface area contributed by atoms with Crippen molar-refractivity contribution in [2.75, 3.05) is 0 Å². The van der Waals surface area contributed by atoms with E-state index in [0.29, 0.717) is 12.1 Å². The van der Waals surface area contributed by atoms with Crippen molar-refractivity contribution in [1.29, 1.82) is 0 Å². The SMILES string of the molecule is Cc1nn(-c2cccc(F)c2CNC(C)(C)C)c(C)c1C. The van der Waals surface area contributed by atoms with Crippen LogP contribution in [0.4, 0.5) is 4.39 Å². The summed E-state index contributed by atoms with van der Waals surface area (Å²) < 4.78 is 16.1. The van der Waals surface area contributed by atoms with Gasteiger partial charge >= 0.3 is 0 Å². The van der Waals surface area contributed by atoms with Crippen LogP contribution < -0.4 is 5.32 Å². The third kappa shape index (κ3) is 3.32. The third-order valence-corrected chi connectivity index (χ3v) is 3.77. The van der Waals surface area contributed by atoms with E-state index in [1.165, 1.54) is 6.07 Å². The van der Waals surface area contributed by atoms with Gasteiger partial charge in [0.1, 0.15) is 5.82 Å². The van der Waals surface area contributed by atoms with Gasteiger partial charge in [0.15, 0.2) is 0 Å². The summed E-state index contributed by atoms with van der Waals surface area (Å²) in [5, 5.41) is 7.90. The number of benzene rings is 1. The van der Waals surface area contributed by atoms with E-state index in [1.54, 1.807) is 6.07 Å². The van der Waals surface area contributed by atoms with Gasteiger partial charge in [0, 0.05) is 23.3 Å². The van der Waals surface area contributed by atoms with Crippen LogP contribution in [-0.2, 0) is 6.54 Å². The molecule has 2 rings (SSSR count). The van der Waals surface area contributed by atoms with Gasteiger partial charge in [-0.15, -0.1) is 0 Å². The van der Waals surface area contributed by atoms with Crippen LogP contribution in [0.3, 0.4) is 0 Å². The number of rotatable bonds is 3. The van der Waals surface area contributed by atoms with Crippen LogP contribution in [0, 0.1) is 26.6 Å². The van der Waals surface area contributed by atoms with Crippen LogP contribution in [0.1, 0.15) is 43.3 Å². The standard InChI is InChI=1S/C17H24FN3/c1-11-12(2)20-21(13(11)3)16-9-7-8-15(18)14(16)10-19-17(4,5)6/h7-9,19H,10H2,1-6H3. The number of hydrogen-bond donors (Lipinski definition) is 1. The van der Waals surface area contributed by atoms with Gasteiger partial charge in [-0.05, 0) is 59.2 Å². The highest BCUT2D eigenvalue weighted by Crippen LogP contribution is 2.22. The minimum absolute atomic E-state index is 0.0649. The van der Waals surface area contributed by atoms with Crippen molar-refractivity contribution in [3.05, 3.63) is 46.5 Å². The van der Waals surface area contributed by atoms with Crippen molar-refractivity contribution in [3.63, 3.8) is 0 Å². The fraction of sp³-hybridized carbons (Fsp3) is 0.471. The van der Waals surface area contributed by atoms with Gasteiger partial charge in [-0.3, -0.25) is 0 Å². The molecule has 1 aromatic carbocycles. The number of halogens is 1. The molecule has 0 saturated heterocycles. The molecule has 0 fully saturated rings. The second-order valence-corrected chi connectivity index (χ2v) is 6.55. The minimum Gasteiger partial charge on any atom is -0.308 e. The molecule has 0 aliphatic carbocycles. The first-order chi connectivity index (χ1) is 9.70. The maximum absolute atomic E-state index is 14.3. The van der Waals surface area contributed by atoms with Crippen molar-refractivity contribution in [3.8, 4) is 5.69 Å². The highest BCUT2D eigenvalue weighted by molar-refractivity contribution is 5.44. The van der Waals surface area contributed by atoms with Gasteiger partial charge < -0.3 is 5.32 Å². The lowest BCUT2D eigenvalue weighted by atomic mass is 10.1. The molecule has 0 aliphatic rings. The van der Waals surface area contributed by atoms with Gasteiger partial charge in [0.25, 0.3) is 0 Å². The second-order valence-electron chi connectivity index (χ2n) is 6.55. The van der Waals surface area contributed by atoms with Crippen molar-refractivity contribution < 1.29 is 4.39 Å². The molecule has 1 heterocycles. The third-order valence-electron chi connectivity index (χ3n) is 3.77. The van der Waals surface area contributed by atoms with Crippen LogP contribution in [-0.4, -0.2) is 15.3 Å². The molecule has 1 aromatic heterocycles. The summed E-state index contributed by atoms with van der Waals surface area (Å²) in [7, 11) is 0. The Morgan fingerprint density at radius 3 is 2.38 bits per heavy atom. The molecule has 0 unspecified atom stereocenters. The van der Waals surface area contributed by atoms with Crippen molar-refractivity contribution in [1.82, 2.24) is 15.1 Å². The molecule has 2 aromatic rings. The molecule has 4 heteroatoms. The summed E-state index contributed by atoms with van der Waals surface area (Å²) in [5.41, 5.74) is 4.57. The molecule has 0 radical (unpaired) electrons. The van der Waals surface area contributed by atoms with Crippen LogP contribution >= 0.6 is 0 Å². The predicted molar refractivity (Wildman–Crippen MR) is 84.3 cm³/mol. The molecule has 0 aliphatic heterocycles. The molecule has 3 nitrogen and oxygen atoms in total. The van der Waals surface area contributed by atoms with E-state index in [9.17, 15) is 4.39 Å². The minimum atomic E-state index is -0.200. The zero-order chi connectivity index (χ0) is 15.8. The van der Waals surface area contributed by atoms with E-state index in [-0.39, 0.29) is 11.4 Å². The summed E-state index contributed by atoms with van der Waals surface area (Å²) in [5.74, 6) is -0.200. The average Bonchev–Trinajstić information content (AvgIpc) is 2.64. The zero-order valence-electron chi connectivity index (χ0n) is 13.7. The Kier molecular flexibility index (Phi) is 4.19. The summed E-state index contributed by atoms with van der Waals surface area (Å²) in [6.45, 7) is 12.7. The number of nitrogens with zero attached hydrogens (tertiary/aromatic N) is 2. The molecule has 0 spiro atoms. The highest BCUT2D eigenvalue weighted by Gasteiger charge is 2.17. The topological polar surface area (TPSA) is 29.9 Å². The van der Waals surface area contributed by atoms with E-state index < -0.39 is 0 Å². The Morgan fingerprint density at radius 2 is 1.86 bits per heavy atom. The first kappa shape index (κ1) is 15.7. The Balaban J connectivity index is 2.49. The maximum atomic E-state index is 14.3. The summed E-state index contributed by atoms with van der Waals surface area (Å²) >= 11 is 0. The molecular weight excluding hydrogens is 265 g/mol. The first-order valence-corrected chi connectivity index (χ1v) is 7.26. The molecule has 0 bridgehead atoms. The monoisotopic (exact) mass is 289 g/mol. The number of hydrogen-bond acceptors (Lipinski definition) is 2. The van der Waals surface area contributed by atoms with Crippen LogP contribution in [0.25, 0.3) is 5.69 Å². The zero-order valence-corrected chi connectivity index (χ0v) is 13.7. The maximum Gasteiger partial charge on any atom is 0.129 e. The van der Waals surface area contributed by atoms with Gasteiger partial charge in [-0.2, -0.15) is 5.10 Å². The quantitative estimate of drug-likeness (QED) is 0.930. The van der Waals surface area contributed by atoms with Crippen molar-refractivity contribution >= 4 is 0 Å². The molecule has 21 heavy (non-hydrogen) atoms. The van der Waals surface area contributed by atoms with Gasteiger partial charge in [-0.1, -0.05) is 6.07 Å². The van der Waals surface area contributed by atoms with E-state index in [0.717, 1.165) is 22.6 Å². The predicted octanol–water partition coefficient (Wildman–Crippen LogP) is 3.82.